The number of hydrogen-bond acceptors (Lipinski definition) is 3. The van der Waals surface area contributed by atoms with Crippen LogP contribution in [-0.4, -0.2) is 8.42 Å². The van der Waals surface area contributed by atoms with Crippen molar-refractivity contribution in [2.45, 2.75) is 161 Å². The van der Waals surface area contributed by atoms with Gasteiger partial charge < -0.3 is 0 Å². The minimum absolute atomic E-state index is 0.353. The van der Waals surface area contributed by atoms with Gasteiger partial charge in [0.1, 0.15) is 0 Å². The van der Waals surface area contributed by atoms with Gasteiger partial charge in [-0.15, -0.1) is 0 Å². The topological polar surface area (TPSA) is 43.4 Å². The molecule has 0 aliphatic rings. The van der Waals surface area contributed by atoms with Crippen LogP contribution < -0.4 is 21.2 Å². The van der Waals surface area contributed by atoms with Gasteiger partial charge in [-0.3, -0.25) is 0 Å². The summed E-state index contributed by atoms with van der Waals surface area (Å²) in [6, 6.07) is 44.8. The van der Waals surface area contributed by atoms with Crippen molar-refractivity contribution in [3.63, 3.8) is 0 Å². The van der Waals surface area contributed by atoms with Crippen LogP contribution in [0.5, 0.6) is 0 Å². The van der Waals surface area contributed by atoms with Crippen molar-refractivity contribution >= 4 is 38.2 Å². The third kappa shape index (κ3) is 11.4. The van der Waals surface area contributed by atoms with E-state index in [1.807, 2.05) is 78.9 Å². The molecule has 0 heterocycles. The molecule has 0 saturated carbocycles. The Morgan fingerprint density at radius 2 is 0.695 bits per heavy atom. The number of rotatable bonds is 28. The van der Waals surface area contributed by atoms with Crippen LogP contribution in [0.15, 0.2) is 138 Å². The molecule has 0 radical (unpaired) electrons. The molecule has 3 nitrogen and oxygen atoms in total. The summed E-state index contributed by atoms with van der Waals surface area (Å²) in [7, 11) is -4.41. The SMILES string of the molecule is CCCCCCCCc1ccc(S(=O)(=O)OP(c2ccccc2)(c2ccccc2)(c2ccccc2)c2ccccc2)c(CCCCCCCC)c1CCCCCCCC. The number of unbranched alkanes of at least 4 members (excludes halogenated alkanes) is 15. The minimum Gasteiger partial charge on any atom is -0.0654 e. The van der Waals surface area contributed by atoms with Gasteiger partial charge in [-0.25, -0.2) is 0 Å². The normalized spacial score (nSPS) is 12.6. The second-order valence-corrected chi connectivity index (χ2v) is 22.7. The Morgan fingerprint density at radius 1 is 0.373 bits per heavy atom. The Balaban J connectivity index is 1.73. The first-order valence-corrected chi connectivity index (χ1v) is 26.8. The summed E-state index contributed by atoms with van der Waals surface area (Å²) in [5, 5.41) is 3.43. The first kappa shape index (κ1) is 46.5. The third-order valence-electron chi connectivity index (χ3n) is 12.4. The monoisotopic (exact) mass is 833 g/mol. The molecule has 0 amide bonds. The molecule has 5 aromatic rings. The Kier molecular flexibility index (Phi) is 18.9. The van der Waals surface area contributed by atoms with Crippen molar-refractivity contribution in [1.82, 2.24) is 0 Å². The first-order valence-electron chi connectivity index (χ1n) is 23.3. The number of benzene rings is 5. The average Bonchev–Trinajstić information content (AvgIpc) is 3.28. The van der Waals surface area contributed by atoms with Crippen LogP contribution in [-0.2, 0) is 33.4 Å². The quantitative estimate of drug-likeness (QED) is 0.0372. The van der Waals surface area contributed by atoms with Crippen LogP contribution in [0, 0.1) is 0 Å². The Bertz CT molecular complexity index is 1860. The van der Waals surface area contributed by atoms with Crippen LogP contribution in [0.2, 0.25) is 0 Å². The molecule has 0 aliphatic carbocycles. The Labute approximate surface area is 359 Å². The summed E-state index contributed by atoms with van der Waals surface area (Å²) in [6.07, 6.45) is 24.2. The van der Waals surface area contributed by atoms with Gasteiger partial charge in [-0.1, -0.05) is 20.3 Å². The van der Waals surface area contributed by atoms with Crippen LogP contribution in [0.4, 0.5) is 0 Å². The van der Waals surface area contributed by atoms with Gasteiger partial charge in [0, 0.05) is 0 Å². The van der Waals surface area contributed by atoms with Gasteiger partial charge in [-0.05, 0) is 0 Å². The van der Waals surface area contributed by atoms with Crippen molar-refractivity contribution in [3.8, 4) is 0 Å². The second-order valence-electron chi connectivity index (χ2n) is 16.6. The molecule has 0 unspecified atom stereocenters. The molecule has 0 aliphatic heterocycles. The van der Waals surface area contributed by atoms with E-state index in [9.17, 15) is 0 Å². The van der Waals surface area contributed by atoms with E-state index in [1.165, 1.54) is 101 Å². The summed E-state index contributed by atoms with van der Waals surface area (Å²) in [5.74, 6) is 0. The molecule has 0 N–H and O–H groups in total. The smallest absolute Gasteiger partial charge is 0.0654 e. The van der Waals surface area contributed by atoms with Crippen molar-refractivity contribution in [3.05, 3.63) is 150 Å². The zero-order valence-corrected chi connectivity index (χ0v) is 38.3. The summed E-state index contributed by atoms with van der Waals surface area (Å²) in [4.78, 5) is 0.353. The predicted octanol–water partition coefficient (Wildman–Crippen LogP) is 13.9. The fourth-order valence-electron chi connectivity index (χ4n) is 9.19. The maximum atomic E-state index is 16.0. The van der Waals surface area contributed by atoms with Crippen LogP contribution in [0.1, 0.15) is 153 Å². The molecule has 0 spiro atoms. The second kappa shape index (κ2) is 24.0. The van der Waals surface area contributed by atoms with E-state index in [1.54, 1.807) is 0 Å². The molecule has 59 heavy (non-hydrogen) atoms. The molecule has 0 saturated heterocycles. The van der Waals surface area contributed by atoms with Gasteiger partial charge >= 0.3 is 341 Å². The van der Waals surface area contributed by atoms with Gasteiger partial charge in [-0.2, -0.15) is 0 Å². The summed E-state index contributed by atoms with van der Waals surface area (Å²) in [6.45, 7) is 2.30. The standard InChI is InChI=1S/C54H73O3PS/c1-4-7-10-13-16-23-34-47-45-46-54(53(44-33-18-15-12-9-6-3)52(47)43-32-17-14-11-8-5-2)59(55,56)57-58(48-35-24-19-25-36-48,49-37-26-20-27-38-49,50-39-28-21-29-40-50)51-41-30-22-31-42-51/h19-22,24-31,35-42,45-46H,4-18,23,32-34,43-44H2,1-3H3. The van der Waals surface area contributed by atoms with Crippen molar-refractivity contribution in [2.24, 2.45) is 0 Å². The van der Waals surface area contributed by atoms with E-state index < -0.39 is 16.9 Å². The molecule has 0 aromatic heterocycles. The molecule has 5 heteroatoms. The third-order valence-corrected chi connectivity index (χ3v) is 20.4. The maximum absolute atomic E-state index is 16.0. The fourth-order valence-corrected chi connectivity index (χ4v) is 18.0. The molecule has 0 bridgehead atoms. The van der Waals surface area contributed by atoms with E-state index in [-0.39, 0.29) is 0 Å². The van der Waals surface area contributed by atoms with Crippen molar-refractivity contribution < 1.29 is 12.4 Å². The molecule has 0 atom stereocenters. The molecular weight excluding hydrogens is 760 g/mol. The van der Waals surface area contributed by atoms with Gasteiger partial charge in [0.25, 0.3) is 0 Å². The number of aryl methyl sites for hydroxylation is 1. The zero-order valence-electron chi connectivity index (χ0n) is 36.6. The van der Waals surface area contributed by atoms with Gasteiger partial charge in [0.05, 0.1) is 0 Å². The summed E-state index contributed by atoms with van der Waals surface area (Å²) in [5.41, 5.74) is 3.60. The molecule has 318 valence electrons. The zero-order chi connectivity index (χ0) is 41.7. The van der Waals surface area contributed by atoms with E-state index in [4.69, 9.17) is 3.97 Å². The number of hydrogen-bond donors (Lipinski definition) is 0. The molecule has 5 rings (SSSR count). The van der Waals surface area contributed by atoms with E-state index >= 15 is 8.42 Å². The van der Waals surface area contributed by atoms with Crippen LogP contribution in [0.3, 0.4) is 0 Å². The van der Waals surface area contributed by atoms with E-state index in [0.29, 0.717) is 4.90 Å². The van der Waals surface area contributed by atoms with Crippen LogP contribution in [0.25, 0.3) is 0 Å². The minimum atomic E-state index is -4.49. The van der Waals surface area contributed by atoms with E-state index in [0.717, 1.165) is 71.7 Å². The van der Waals surface area contributed by atoms with E-state index in [2.05, 4.69) is 75.4 Å². The Hall–Kier alpha value is -3.56. The van der Waals surface area contributed by atoms with Crippen molar-refractivity contribution in [2.75, 3.05) is 0 Å². The van der Waals surface area contributed by atoms with Gasteiger partial charge in [0.2, 0.25) is 0 Å². The first-order chi connectivity index (χ1) is 28.9. The summed E-state index contributed by atoms with van der Waals surface area (Å²) < 4.78 is 39.6. The van der Waals surface area contributed by atoms with Gasteiger partial charge in [0.15, 0.2) is 0 Å². The predicted molar refractivity (Wildman–Crippen MR) is 257 cm³/mol. The van der Waals surface area contributed by atoms with Crippen molar-refractivity contribution in [1.29, 1.82) is 0 Å². The van der Waals surface area contributed by atoms with Crippen LogP contribution >= 0.6 is 6.83 Å². The summed E-state index contributed by atoms with van der Waals surface area (Å²) >= 11 is 0. The molecule has 5 aromatic carbocycles. The fraction of sp³-hybridized carbons (Fsp3) is 0.444. The molecular formula is C54H73O3PS. The Morgan fingerprint density at radius 3 is 1.07 bits per heavy atom. The average molecular weight is 833 g/mol. The molecule has 0 fully saturated rings.